The van der Waals surface area contributed by atoms with Gasteiger partial charge in [0, 0.05) is 11.3 Å². The Morgan fingerprint density at radius 3 is 3.07 bits per heavy atom. The van der Waals surface area contributed by atoms with Gasteiger partial charge < -0.3 is 10.1 Å². The van der Waals surface area contributed by atoms with Crippen LogP contribution in [0.3, 0.4) is 0 Å². The highest BCUT2D eigenvalue weighted by molar-refractivity contribution is 6.29. The molecule has 0 bridgehead atoms. The van der Waals surface area contributed by atoms with Gasteiger partial charge in [-0.2, -0.15) is 0 Å². The highest BCUT2D eigenvalue weighted by atomic mass is 35.5. The normalized spacial score (nSPS) is 13.3. The Balaban J connectivity index is 2.34. The second-order valence-electron chi connectivity index (χ2n) is 3.09. The fourth-order valence-electron chi connectivity index (χ4n) is 1.45. The van der Waals surface area contributed by atoms with E-state index in [1.54, 1.807) is 18.2 Å². The third-order valence-electron chi connectivity index (χ3n) is 2.14. The molecule has 1 N–H and O–H groups in total. The summed E-state index contributed by atoms with van der Waals surface area (Å²) in [5, 5.41) is 2.61. The quantitative estimate of drug-likeness (QED) is 0.614. The van der Waals surface area contributed by atoms with E-state index in [2.05, 4.69) is 5.32 Å². The number of benzene rings is 1. The van der Waals surface area contributed by atoms with Gasteiger partial charge in [-0.15, -0.1) is 11.6 Å². The number of esters is 1. The molecule has 5 heteroatoms. The average Bonchev–Trinajstić information content (AvgIpc) is 2.62. The first-order chi connectivity index (χ1) is 7.22. The van der Waals surface area contributed by atoms with Crippen molar-refractivity contribution in [2.75, 3.05) is 11.2 Å². The number of alkyl halides is 1. The molecule has 1 heterocycles. The van der Waals surface area contributed by atoms with Crippen LogP contribution in [0.2, 0.25) is 0 Å². The number of nitrogens with one attached hydrogen (secondary N) is 1. The molecule has 78 valence electrons. The van der Waals surface area contributed by atoms with Crippen molar-refractivity contribution in [1.82, 2.24) is 0 Å². The minimum atomic E-state index is -0.355. The number of hydrogen-bond donors (Lipinski definition) is 1. The minimum Gasteiger partial charge on any atom is -0.457 e. The summed E-state index contributed by atoms with van der Waals surface area (Å²) in [5.74, 6) is -0.769. The van der Waals surface area contributed by atoms with Gasteiger partial charge in [0.25, 0.3) is 0 Å². The lowest BCUT2D eigenvalue weighted by Crippen LogP contribution is -2.14. The van der Waals surface area contributed by atoms with Crippen LogP contribution in [0.25, 0.3) is 0 Å². The second kappa shape index (κ2) is 3.90. The van der Waals surface area contributed by atoms with E-state index in [9.17, 15) is 9.59 Å². The molecule has 0 saturated heterocycles. The number of ether oxygens (including phenoxy) is 1. The molecule has 0 fully saturated rings. The van der Waals surface area contributed by atoms with Gasteiger partial charge in [-0.25, -0.2) is 4.79 Å². The standard InChI is InChI=1S/C10H8ClNO3/c11-4-9(13)12-8-3-1-2-6-7(8)5-15-10(6)14/h1-3H,4-5H2,(H,12,13). The van der Waals surface area contributed by atoms with E-state index < -0.39 is 0 Å². The molecule has 15 heavy (non-hydrogen) atoms. The van der Waals surface area contributed by atoms with Crippen molar-refractivity contribution < 1.29 is 14.3 Å². The summed E-state index contributed by atoms with van der Waals surface area (Å²) >= 11 is 5.37. The maximum atomic E-state index is 11.2. The van der Waals surface area contributed by atoms with E-state index in [1.165, 1.54) is 0 Å². The molecule has 1 aliphatic heterocycles. The van der Waals surface area contributed by atoms with Crippen molar-refractivity contribution in [3.63, 3.8) is 0 Å². The molecule has 0 atom stereocenters. The van der Waals surface area contributed by atoms with Gasteiger partial charge in [0.2, 0.25) is 5.91 Å². The first-order valence-electron chi connectivity index (χ1n) is 4.37. The topological polar surface area (TPSA) is 55.4 Å². The van der Waals surface area contributed by atoms with Crippen LogP contribution >= 0.6 is 11.6 Å². The molecule has 4 nitrogen and oxygen atoms in total. The highest BCUT2D eigenvalue weighted by Gasteiger charge is 2.23. The summed E-state index contributed by atoms with van der Waals surface area (Å²) in [4.78, 5) is 22.3. The van der Waals surface area contributed by atoms with E-state index in [0.717, 1.165) is 0 Å². The zero-order valence-electron chi connectivity index (χ0n) is 7.75. The van der Waals surface area contributed by atoms with Crippen molar-refractivity contribution in [2.45, 2.75) is 6.61 Å². The van der Waals surface area contributed by atoms with Crippen LogP contribution in [0.4, 0.5) is 5.69 Å². The monoisotopic (exact) mass is 225 g/mol. The summed E-state index contributed by atoms with van der Waals surface area (Å²) in [6.07, 6.45) is 0. The summed E-state index contributed by atoms with van der Waals surface area (Å²) in [7, 11) is 0. The van der Waals surface area contributed by atoms with E-state index >= 15 is 0 Å². The molecule has 1 aliphatic rings. The Kier molecular flexibility index (Phi) is 2.60. The smallest absolute Gasteiger partial charge is 0.338 e. The molecule has 0 aromatic heterocycles. The lowest BCUT2D eigenvalue weighted by molar-refractivity contribution is -0.113. The molecule has 0 spiro atoms. The number of cyclic esters (lactones) is 1. The van der Waals surface area contributed by atoms with Crippen LogP contribution in [-0.4, -0.2) is 17.8 Å². The maximum absolute atomic E-state index is 11.2. The Morgan fingerprint density at radius 1 is 1.53 bits per heavy atom. The van der Waals surface area contributed by atoms with Crippen LogP contribution in [0.15, 0.2) is 18.2 Å². The Morgan fingerprint density at radius 2 is 2.33 bits per heavy atom. The third-order valence-corrected chi connectivity index (χ3v) is 2.38. The molecule has 1 aromatic rings. The van der Waals surface area contributed by atoms with Crippen LogP contribution in [0, 0.1) is 0 Å². The predicted molar refractivity (Wildman–Crippen MR) is 54.9 cm³/mol. The number of hydrogen-bond acceptors (Lipinski definition) is 3. The van der Waals surface area contributed by atoms with E-state index in [1.807, 2.05) is 0 Å². The Hall–Kier alpha value is -1.55. The summed E-state index contributed by atoms with van der Waals surface area (Å²) in [6.45, 7) is 0.201. The zero-order chi connectivity index (χ0) is 10.8. The summed E-state index contributed by atoms with van der Waals surface area (Å²) in [6, 6.07) is 5.07. The van der Waals surface area contributed by atoms with E-state index in [4.69, 9.17) is 16.3 Å². The molecule has 0 unspecified atom stereocenters. The second-order valence-corrected chi connectivity index (χ2v) is 3.36. The molecule has 0 aliphatic carbocycles. The molecule has 1 aromatic carbocycles. The lowest BCUT2D eigenvalue weighted by atomic mass is 10.1. The number of carbonyl (C=O) groups excluding carboxylic acids is 2. The van der Waals surface area contributed by atoms with Crippen LogP contribution in [0.5, 0.6) is 0 Å². The van der Waals surface area contributed by atoms with Gasteiger partial charge >= 0.3 is 5.97 Å². The molecule has 0 radical (unpaired) electrons. The fraction of sp³-hybridized carbons (Fsp3) is 0.200. The molecule has 0 saturated carbocycles. The number of halogens is 1. The van der Waals surface area contributed by atoms with E-state index in [0.29, 0.717) is 16.8 Å². The third kappa shape index (κ3) is 1.80. The maximum Gasteiger partial charge on any atom is 0.338 e. The SMILES string of the molecule is O=C(CCl)Nc1cccc2c1COC2=O. The van der Waals surface area contributed by atoms with Gasteiger partial charge in [-0.3, -0.25) is 4.79 Å². The minimum absolute atomic E-state index is 0.113. The first kappa shape index (κ1) is 9.98. The van der Waals surface area contributed by atoms with Crippen molar-refractivity contribution in [3.05, 3.63) is 29.3 Å². The highest BCUT2D eigenvalue weighted by Crippen LogP contribution is 2.27. The van der Waals surface area contributed by atoms with Gasteiger partial charge in [-0.1, -0.05) is 6.07 Å². The Bertz CT molecular complexity index is 431. The van der Waals surface area contributed by atoms with Crippen molar-refractivity contribution in [1.29, 1.82) is 0 Å². The van der Waals surface area contributed by atoms with Crippen molar-refractivity contribution in [3.8, 4) is 0 Å². The van der Waals surface area contributed by atoms with Crippen LogP contribution in [0.1, 0.15) is 15.9 Å². The van der Waals surface area contributed by atoms with Gasteiger partial charge in [0.1, 0.15) is 12.5 Å². The number of fused-ring (bicyclic) bond motifs is 1. The molecular formula is C10H8ClNO3. The largest absolute Gasteiger partial charge is 0.457 e. The van der Waals surface area contributed by atoms with Gasteiger partial charge in [-0.05, 0) is 12.1 Å². The number of anilines is 1. The Labute approximate surface area is 91.2 Å². The molecule has 2 rings (SSSR count). The summed E-state index contributed by atoms with van der Waals surface area (Å²) < 4.78 is 4.86. The van der Waals surface area contributed by atoms with Crippen LogP contribution in [-0.2, 0) is 16.1 Å². The van der Waals surface area contributed by atoms with Crippen molar-refractivity contribution in [2.24, 2.45) is 0 Å². The molecular weight excluding hydrogens is 218 g/mol. The number of carbonyl (C=O) groups is 2. The van der Waals surface area contributed by atoms with Crippen molar-refractivity contribution >= 4 is 29.2 Å². The van der Waals surface area contributed by atoms with E-state index in [-0.39, 0.29) is 24.4 Å². The molecule has 1 amide bonds. The van der Waals surface area contributed by atoms with Gasteiger partial charge in [0.15, 0.2) is 0 Å². The summed E-state index contributed by atoms with van der Waals surface area (Å²) in [5.41, 5.74) is 1.80. The number of rotatable bonds is 2. The lowest BCUT2D eigenvalue weighted by Gasteiger charge is -2.06. The average molecular weight is 226 g/mol. The fourth-order valence-corrected chi connectivity index (χ4v) is 1.52. The number of amides is 1. The van der Waals surface area contributed by atoms with Gasteiger partial charge in [0.05, 0.1) is 5.56 Å². The van der Waals surface area contributed by atoms with Crippen LogP contribution < -0.4 is 5.32 Å². The first-order valence-corrected chi connectivity index (χ1v) is 4.90. The zero-order valence-corrected chi connectivity index (χ0v) is 8.50. The predicted octanol–water partition coefficient (Wildman–Crippen LogP) is 1.53.